The van der Waals surface area contributed by atoms with E-state index >= 15 is 0 Å². The number of ether oxygens (including phenoxy) is 1. The molecule has 0 saturated carbocycles. The number of likely N-dealkylation sites (tertiary alicyclic amines) is 1. The van der Waals surface area contributed by atoms with Gasteiger partial charge in [0.25, 0.3) is 5.91 Å². The van der Waals surface area contributed by atoms with Gasteiger partial charge in [0.2, 0.25) is 5.82 Å². The Labute approximate surface area is 210 Å². The quantitative estimate of drug-likeness (QED) is 0.533. The number of carbonyl (C=O) groups excluding carboxylic acids is 1. The fourth-order valence-electron chi connectivity index (χ4n) is 4.66. The van der Waals surface area contributed by atoms with Crippen molar-refractivity contribution in [3.05, 3.63) is 71.8 Å². The second-order valence-corrected chi connectivity index (χ2v) is 8.94. The number of nitrogens with zero attached hydrogens (tertiary/aromatic N) is 4. The minimum atomic E-state index is -5.08. The number of rotatable bonds is 5. The largest absolute Gasteiger partial charge is 0.497 e. The first-order valence-corrected chi connectivity index (χ1v) is 11.6. The van der Waals surface area contributed by atoms with Gasteiger partial charge < -0.3 is 19.7 Å². The van der Waals surface area contributed by atoms with Gasteiger partial charge in [-0.2, -0.15) is 13.2 Å². The van der Waals surface area contributed by atoms with Crippen molar-refractivity contribution in [3.63, 3.8) is 0 Å². The van der Waals surface area contributed by atoms with E-state index in [0.29, 0.717) is 17.7 Å². The highest BCUT2D eigenvalue weighted by Crippen LogP contribution is 2.33. The average molecular weight is 518 g/mol. The Morgan fingerprint density at radius 3 is 2.43 bits per heavy atom. The molecule has 1 fully saturated rings. The van der Waals surface area contributed by atoms with Crippen LogP contribution in [0.1, 0.15) is 22.0 Å². The first-order valence-electron chi connectivity index (χ1n) is 11.6. The van der Waals surface area contributed by atoms with E-state index in [0.717, 1.165) is 49.9 Å². The zero-order valence-electron chi connectivity index (χ0n) is 20.0. The summed E-state index contributed by atoms with van der Waals surface area (Å²) >= 11 is 0. The number of carboxylic acids is 1. The summed E-state index contributed by atoms with van der Waals surface area (Å²) < 4.78 is 39.1. The number of fused-ring (bicyclic) bond motifs is 2. The Morgan fingerprint density at radius 2 is 1.76 bits per heavy atom. The van der Waals surface area contributed by atoms with Crippen molar-refractivity contribution >= 4 is 17.6 Å². The Morgan fingerprint density at radius 1 is 1.05 bits per heavy atom. The summed E-state index contributed by atoms with van der Waals surface area (Å²) in [5.41, 5.74) is 2.02. The molecule has 1 amide bonds. The molecule has 2 unspecified atom stereocenters. The van der Waals surface area contributed by atoms with Crippen molar-refractivity contribution in [1.29, 1.82) is 0 Å². The van der Waals surface area contributed by atoms with Gasteiger partial charge in [0.15, 0.2) is 0 Å². The van der Waals surface area contributed by atoms with Gasteiger partial charge in [-0.25, -0.2) is 4.79 Å². The van der Waals surface area contributed by atoms with E-state index in [-0.39, 0.29) is 5.91 Å². The second kappa shape index (κ2) is 11.0. The number of hydrogen-bond acceptors (Lipinski definition) is 6. The predicted octanol–water partition coefficient (Wildman–Crippen LogP) is 3.48. The molecule has 0 bridgehead atoms. The number of para-hydroxylation sites is 1. The van der Waals surface area contributed by atoms with Crippen LogP contribution in [-0.2, 0) is 24.3 Å². The Balaban J connectivity index is 0.000000405. The number of aliphatic carboxylic acids is 1. The molecule has 9 nitrogen and oxygen atoms in total. The number of benzene rings is 2. The first-order chi connectivity index (χ1) is 17.6. The van der Waals surface area contributed by atoms with Gasteiger partial charge in [0, 0.05) is 38.3 Å². The average Bonchev–Trinajstić information content (AvgIpc) is 3.45. The van der Waals surface area contributed by atoms with Crippen LogP contribution in [0.3, 0.4) is 0 Å². The summed E-state index contributed by atoms with van der Waals surface area (Å²) in [5, 5.41) is 18.6. The maximum atomic E-state index is 12.7. The molecule has 2 aliphatic heterocycles. The number of halogens is 3. The highest BCUT2D eigenvalue weighted by atomic mass is 19.4. The van der Waals surface area contributed by atoms with E-state index in [2.05, 4.69) is 32.5 Å². The number of aromatic nitrogens is 3. The molecule has 2 aliphatic rings. The van der Waals surface area contributed by atoms with Gasteiger partial charge in [0.05, 0.1) is 7.11 Å². The number of carbonyl (C=O) groups is 2. The summed E-state index contributed by atoms with van der Waals surface area (Å²) in [4.78, 5) is 24.1. The smallest absolute Gasteiger partial charge is 0.490 e. The molecule has 12 heteroatoms. The van der Waals surface area contributed by atoms with Crippen molar-refractivity contribution in [2.75, 3.05) is 25.5 Å². The molecule has 3 heterocycles. The molecular weight excluding hydrogens is 491 g/mol. The highest BCUT2D eigenvalue weighted by Gasteiger charge is 2.39. The van der Waals surface area contributed by atoms with Crippen LogP contribution in [0, 0.1) is 11.8 Å². The number of carboxylic acid groups (broad SMARTS) is 1. The maximum absolute atomic E-state index is 12.7. The van der Waals surface area contributed by atoms with Gasteiger partial charge in [-0.15, -0.1) is 10.2 Å². The van der Waals surface area contributed by atoms with Gasteiger partial charge in [-0.3, -0.25) is 9.69 Å². The van der Waals surface area contributed by atoms with Crippen molar-refractivity contribution in [2.24, 2.45) is 11.8 Å². The number of methoxy groups -OCH3 is 1. The lowest BCUT2D eigenvalue weighted by molar-refractivity contribution is -0.192. The van der Waals surface area contributed by atoms with E-state index in [4.69, 9.17) is 14.6 Å². The Hall–Kier alpha value is -3.93. The van der Waals surface area contributed by atoms with E-state index in [9.17, 15) is 18.0 Å². The molecule has 3 aromatic rings. The summed E-state index contributed by atoms with van der Waals surface area (Å²) in [6.07, 6.45) is -4.22. The van der Waals surface area contributed by atoms with Crippen LogP contribution in [0.4, 0.5) is 18.9 Å². The molecule has 2 atom stereocenters. The van der Waals surface area contributed by atoms with Gasteiger partial charge >= 0.3 is 12.1 Å². The molecule has 1 saturated heterocycles. The molecule has 5 rings (SSSR count). The normalized spacial score (nSPS) is 18.7. The minimum absolute atomic E-state index is 0.204. The Kier molecular flexibility index (Phi) is 7.77. The zero-order valence-corrected chi connectivity index (χ0v) is 20.0. The SMILES string of the molecule is COc1cccc(CN2CC3Cc4nnc(C(=O)Nc5ccccc5)n4CC3C2)c1.O=C(O)C(F)(F)F. The van der Waals surface area contributed by atoms with Crippen LogP contribution in [0.2, 0.25) is 0 Å². The number of nitrogens with one attached hydrogen (secondary N) is 1. The van der Waals surface area contributed by atoms with Crippen LogP contribution >= 0.6 is 0 Å². The van der Waals surface area contributed by atoms with Crippen LogP contribution in [0.15, 0.2) is 54.6 Å². The molecule has 0 radical (unpaired) electrons. The lowest BCUT2D eigenvalue weighted by Crippen LogP contribution is -2.31. The standard InChI is InChI=1S/C23H25N5O2.C2HF3O2/c1-30-20-9-5-6-16(10-20)12-27-13-17-11-21-25-26-22(28(21)15-18(17)14-27)23(29)24-19-7-3-2-4-8-19;3-2(4,5)1(6)7/h2-10,17-18H,11-15H2,1H3,(H,24,29);(H,6,7). The molecule has 0 aliphatic carbocycles. The molecule has 0 spiro atoms. The molecule has 2 aromatic carbocycles. The van der Waals surface area contributed by atoms with Crippen molar-refractivity contribution in [2.45, 2.75) is 25.7 Å². The van der Waals surface area contributed by atoms with Gasteiger partial charge in [-0.05, 0) is 41.7 Å². The van der Waals surface area contributed by atoms with E-state index in [1.54, 1.807) is 7.11 Å². The predicted molar refractivity (Wildman–Crippen MR) is 127 cm³/mol. The minimum Gasteiger partial charge on any atom is -0.497 e. The van der Waals surface area contributed by atoms with E-state index in [1.165, 1.54) is 5.56 Å². The molecular formula is C25H26F3N5O4. The lowest BCUT2D eigenvalue weighted by Gasteiger charge is -2.25. The lowest BCUT2D eigenvalue weighted by atomic mass is 9.89. The topological polar surface area (TPSA) is 110 Å². The summed E-state index contributed by atoms with van der Waals surface area (Å²) in [6.45, 7) is 3.75. The van der Waals surface area contributed by atoms with Gasteiger partial charge in [-0.1, -0.05) is 30.3 Å². The fraction of sp³-hybridized carbons (Fsp3) is 0.360. The zero-order chi connectivity index (χ0) is 26.6. The summed E-state index contributed by atoms with van der Waals surface area (Å²) in [5.74, 6) is 0.303. The van der Waals surface area contributed by atoms with E-state index in [1.807, 2.05) is 47.0 Å². The summed E-state index contributed by atoms with van der Waals surface area (Å²) in [7, 11) is 1.70. The van der Waals surface area contributed by atoms with Crippen molar-refractivity contribution < 1.29 is 32.6 Å². The third-order valence-corrected chi connectivity index (χ3v) is 6.36. The molecule has 1 aromatic heterocycles. The Bertz CT molecular complexity index is 1250. The number of hydrogen-bond donors (Lipinski definition) is 2. The van der Waals surface area contributed by atoms with Crippen molar-refractivity contribution in [3.8, 4) is 5.75 Å². The van der Waals surface area contributed by atoms with Crippen LogP contribution < -0.4 is 10.1 Å². The van der Waals surface area contributed by atoms with Crippen LogP contribution in [0.5, 0.6) is 5.75 Å². The third kappa shape index (κ3) is 6.45. The van der Waals surface area contributed by atoms with Gasteiger partial charge in [0.1, 0.15) is 11.6 Å². The second-order valence-electron chi connectivity index (χ2n) is 8.94. The number of anilines is 1. The fourth-order valence-corrected chi connectivity index (χ4v) is 4.66. The number of amides is 1. The molecule has 37 heavy (non-hydrogen) atoms. The van der Waals surface area contributed by atoms with E-state index < -0.39 is 12.1 Å². The molecule has 196 valence electrons. The summed E-state index contributed by atoms with van der Waals surface area (Å²) in [6, 6.07) is 17.7. The van der Waals surface area contributed by atoms with Crippen LogP contribution in [-0.4, -0.2) is 63.0 Å². The maximum Gasteiger partial charge on any atom is 0.490 e. The monoisotopic (exact) mass is 517 g/mol. The molecule has 2 N–H and O–H groups in total. The highest BCUT2D eigenvalue weighted by molar-refractivity contribution is 6.01. The van der Waals surface area contributed by atoms with Crippen LogP contribution in [0.25, 0.3) is 0 Å². The first kappa shape index (κ1) is 26.1. The number of alkyl halides is 3. The van der Waals surface area contributed by atoms with Crippen molar-refractivity contribution in [1.82, 2.24) is 19.7 Å². The third-order valence-electron chi connectivity index (χ3n) is 6.36.